The lowest BCUT2D eigenvalue weighted by molar-refractivity contribution is -0.138. The van der Waals surface area contributed by atoms with Crippen LogP contribution in [0.3, 0.4) is 0 Å². The molecule has 1 N–H and O–H groups in total. The highest BCUT2D eigenvalue weighted by atomic mass is 19.4. The molecule has 1 aromatic carbocycles. The predicted molar refractivity (Wildman–Crippen MR) is 67.1 cm³/mol. The number of halogens is 3. The van der Waals surface area contributed by atoms with Crippen molar-refractivity contribution >= 4 is 0 Å². The number of phenols is 1. The van der Waals surface area contributed by atoms with E-state index in [2.05, 4.69) is 0 Å². The quantitative estimate of drug-likeness (QED) is 0.908. The van der Waals surface area contributed by atoms with Gasteiger partial charge in [-0.2, -0.15) is 13.2 Å². The average molecular weight is 273 g/mol. The van der Waals surface area contributed by atoms with Gasteiger partial charge in [0.15, 0.2) is 0 Å². The number of alkyl halides is 3. The molecule has 19 heavy (non-hydrogen) atoms. The monoisotopic (exact) mass is 273 g/mol. The lowest BCUT2D eigenvalue weighted by Gasteiger charge is -2.33. The third kappa shape index (κ3) is 3.62. The van der Waals surface area contributed by atoms with E-state index < -0.39 is 12.6 Å². The zero-order valence-electron chi connectivity index (χ0n) is 10.9. The third-order valence-corrected chi connectivity index (χ3v) is 3.69. The molecule has 0 heterocycles. The Morgan fingerprint density at radius 1 is 1.37 bits per heavy atom. The van der Waals surface area contributed by atoms with E-state index in [1.807, 2.05) is 6.07 Å². The second kappa shape index (κ2) is 5.41. The number of nitrogens with zero attached hydrogens (tertiary/aromatic N) is 1. The van der Waals surface area contributed by atoms with Gasteiger partial charge in [-0.3, -0.25) is 4.90 Å². The van der Waals surface area contributed by atoms with Crippen LogP contribution in [-0.4, -0.2) is 29.8 Å². The van der Waals surface area contributed by atoms with Crippen LogP contribution in [0.1, 0.15) is 36.4 Å². The number of hydrogen-bond donors (Lipinski definition) is 1. The summed E-state index contributed by atoms with van der Waals surface area (Å²) >= 11 is 0. The van der Waals surface area contributed by atoms with E-state index in [1.165, 1.54) is 0 Å². The van der Waals surface area contributed by atoms with Gasteiger partial charge in [0.25, 0.3) is 0 Å². The summed E-state index contributed by atoms with van der Waals surface area (Å²) in [6, 6.07) is 5.18. The van der Waals surface area contributed by atoms with E-state index >= 15 is 0 Å². The molecule has 2 rings (SSSR count). The van der Waals surface area contributed by atoms with Gasteiger partial charge in [0.05, 0.1) is 6.42 Å². The van der Waals surface area contributed by atoms with Crippen LogP contribution in [0.15, 0.2) is 18.2 Å². The second-order valence-electron chi connectivity index (χ2n) is 5.14. The van der Waals surface area contributed by atoms with Gasteiger partial charge in [0, 0.05) is 12.6 Å². The molecule has 0 amide bonds. The number of hydrogen-bond acceptors (Lipinski definition) is 2. The third-order valence-electron chi connectivity index (χ3n) is 3.69. The number of fused-ring (bicyclic) bond motifs is 1. The molecule has 2 nitrogen and oxygen atoms in total. The first kappa shape index (κ1) is 14.2. The molecule has 1 aliphatic carbocycles. The molecule has 106 valence electrons. The number of benzene rings is 1. The summed E-state index contributed by atoms with van der Waals surface area (Å²) in [5, 5.41) is 9.46. The van der Waals surface area contributed by atoms with Crippen molar-refractivity contribution < 1.29 is 18.3 Å². The second-order valence-corrected chi connectivity index (χ2v) is 5.14. The maximum atomic E-state index is 12.3. The van der Waals surface area contributed by atoms with Gasteiger partial charge < -0.3 is 5.11 Å². The number of aromatic hydroxyl groups is 1. The van der Waals surface area contributed by atoms with Crippen molar-refractivity contribution in [2.75, 3.05) is 13.6 Å². The van der Waals surface area contributed by atoms with Crippen molar-refractivity contribution in [3.63, 3.8) is 0 Å². The Balaban J connectivity index is 2.10. The fourth-order valence-corrected chi connectivity index (χ4v) is 2.69. The first-order chi connectivity index (χ1) is 8.87. The molecule has 0 radical (unpaired) electrons. The van der Waals surface area contributed by atoms with Gasteiger partial charge in [-0.25, -0.2) is 0 Å². The van der Waals surface area contributed by atoms with E-state index in [-0.39, 0.29) is 18.3 Å². The van der Waals surface area contributed by atoms with Crippen molar-refractivity contribution in [3.05, 3.63) is 29.3 Å². The molecule has 1 aliphatic rings. The molecule has 0 spiro atoms. The highest BCUT2D eigenvalue weighted by Gasteiger charge is 2.30. The van der Waals surface area contributed by atoms with Gasteiger partial charge >= 0.3 is 6.18 Å². The van der Waals surface area contributed by atoms with Crippen LogP contribution < -0.4 is 0 Å². The van der Waals surface area contributed by atoms with E-state index in [0.29, 0.717) is 0 Å². The summed E-state index contributed by atoms with van der Waals surface area (Å²) < 4.78 is 36.8. The number of aryl methyl sites for hydroxylation is 1. The van der Waals surface area contributed by atoms with Crippen LogP contribution >= 0.6 is 0 Å². The van der Waals surface area contributed by atoms with Crippen LogP contribution in [0.25, 0.3) is 0 Å². The Morgan fingerprint density at radius 2 is 2.11 bits per heavy atom. The Bertz CT molecular complexity index is 445. The van der Waals surface area contributed by atoms with Crippen molar-refractivity contribution in [2.45, 2.75) is 37.9 Å². The van der Waals surface area contributed by atoms with Crippen LogP contribution in [0.5, 0.6) is 5.75 Å². The van der Waals surface area contributed by atoms with Gasteiger partial charge in [-0.15, -0.1) is 0 Å². The van der Waals surface area contributed by atoms with Crippen molar-refractivity contribution in [1.29, 1.82) is 0 Å². The summed E-state index contributed by atoms with van der Waals surface area (Å²) in [7, 11) is 1.73. The smallest absolute Gasteiger partial charge is 0.390 e. The molecule has 0 fully saturated rings. The largest absolute Gasteiger partial charge is 0.508 e. The molecular formula is C14H18F3NO. The number of rotatable bonds is 3. The topological polar surface area (TPSA) is 23.5 Å². The Morgan fingerprint density at radius 3 is 2.79 bits per heavy atom. The lowest BCUT2D eigenvalue weighted by atomic mass is 9.86. The van der Waals surface area contributed by atoms with E-state index in [9.17, 15) is 18.3 Å². The Labute approximate surface area is 110 Å². The fraction of sp³-hybridized carbons (Fsp3) is 0.571. The van der Waals surface area contributed by atoms with Gasteiger partial charge in [0.1, 0.15) is 5.75 Å². The summed E-state index contributed by atoms with van der Waals surface area (Å²) in [4.78, 5) is 1.77. The van der Waals surface area contributed by atoms with Gasteiger partial charge in [-0.1, -0.05) is 6.07 Å². The zero-order valence-corrected chi connectivity index (χ0v) is 10.9. The lowest BCUT2D eigenvalue weighted by Crippen LogP contribution is -2.31. The molecule has 1 unspecified atom stereocenters. The standard InChI is InChI=1S/C14H18F3NO/c1-18(8-7-14(15,16)17)13-4-2-3-10-9-11(19)5-6-12(10)13/h5-6,9,13,19H,2-4,7-8H2,1H3. The minimum absolute atomic E-state index is 0.00842. The molecule has 0 aromatic heterocycles. The van der Waals surface area contributed by atoms with E-state index in [4.69, 9.17) is 0 Å². The first-order valence-electron chi connectivity index (χ1n) is 6.45. The molecule has 0 saturated heterocycles. The minimum Gasteiger partial charge on any atom is -0.508 e. The SMILES string of the molecule is CN(CCC(F)(F)F)C1CCCc2cc(O)ccc21. The van der Waals surface area contributed by atoms with Crippen molar-refractivity contribution in [2.24, 2.45) is 0 Å². The molecular weight excluding hydrogens is 255 g/mol. The van der Waals surface area contributed by atoms with Crippen molar-refractivity contribution in [1.82, 2.24) is 4.90 Å². The first-order valence-corrected chi connectivity index (χ1v) is 6.45. The number of phenolic OH excluding ortho intramolecular Hbond substituents is 1. The maximum absolute atomic E-state index is 12.3. The molecule has 0 aliphatic heterocycles. The molecule has 5 heteroatoms. The summed E-state index contributed by atoms with van der Waals surface area (Å²) in [6.07, 6.45) is -2.20. The molecule has 1 atom stereocenters. The summed E-state index contributed by atoms with van der Waals surface area (Å²) in [5.41, 5.74) is 2.10. The van der Waals surface area contributed by atoms with E-state index in [0.717, 1.165) is 30.4 Å². The van der Waals surface area contributed by atoms with Crippen LogP contribution in [0.2, 0.25) is 0 Å². The highest BCUT2D eigenvalue weighted by molar-refractivity contribution is 5.38. The predicted octanol–water partition coefficient (Wildman–Crippen LogP) is 3.65. The summed E-state index contributed by atoms with van der Waals surface area (Å²) in [5.74, 6) is 0.220. The molecule has 1 aromatic rings. The van der Waals surface area contributed by atoms with Gasteiger partial charge in [0.2, 0.25) is 0 Å². The molecule has 0 saturated carbocycles. The van der Waals surface area contributed by atoms with Crippen molar-refractivity contribution in [3.8, 4) is 5.75 Å². The minimum atomic E-state index is -4.11. The van der Waals surface area contributed by atoms with Crippen LogP contribution in [0.4, 0.5) is 13.2 Å². The Hall–Kier alpha value is -1.23. The Kier molecular flexibility index (Phi) is 4.04. The zero-order chi connectivity index (χ0) is 14.0. The fourth-order valence-electron chi connectivity index (χ4n) is 2.69. The average Bonchev–Trinajstić information content (AvgIpc) is 2.34. The van der Waals surface area contributed by atoms with Crippen LogP contribution in [0, 0.1) is 0 Å². The highest BCUT2D eigenvalue weighted by Crippen LogP contribution is 2.35. The molecule has 0 bridgehead atoms. The van der Waals surface area contributed by atoms with E-state index in [1.54, 1.807) is 24.1 Å². The van der Waals surface area contributed by atoms with Crippen LogP contribution in [-0.2, 0) is 6.42 Å². The maximum Gasteiger partial charge on any atom is 0.390 e. The van der Waals surface area contributed by atoms with Gasteiger partial charge in [-0.05, 0) is 49.6 Å². The summed E-state index contributed by atoms with van der Waals surface area (Å²) in [6.45, 7) is 0.00842. The normalized spacial score (nSPS) is 19.5.